The second-order valence-electron chi connectivity index (χ2n) is 3.27. The molecule has 0 aliphatic rings. The number of hydrogen-bond acceptors (Lipinski definition) is 1. The zero-order chi connectivity index (χ0) is 11.1. The Kier molecular flexibility index (Phi) is 4.98. The number of allylic oxidation sites excluding steroid dienone is 1. The van der Waals surface area contributed by atoms with E-state index in [1.807, 2.05) is 19.1 Å². The molecular weight excluding hydrogens is 196 g/mol. The fourth-order valence-corrected chi connectivity index (χ4v) is 1.25. The third kappa shape index (κ3) is 4.21. The molecule has 0 fully saturated rings. The summed E-state index contributed by atoms with van der Waals surface area (Å²) in [5.41, 5.74) is 0.371. The molecule has 1 aromatic rings. The zero-order valence-corrected chi connectivity index (χ0v) is 8.76. The largest absolute Gasteiger partial charge is 0.312 e. The van der Waals surface area contributed by atoms with E-state index in [0.717, 1.165) is 25.1 Å². The van der Waals surface area contributed by atoms with Gasteiger partial charge in [-0.25, -0.2) is 8.78 Å². The van der Waals surface area contributed by atoms with Crippen LogP contribution in [0.25, 0.3) is 0 Å². The Labute approximate surface area is 88.8 Å². The second-order valence-corrected chi connectivity index (χ2v) is 3.27. The van der Waals surface area contributed by atoms with Crippen molar-refractivity contribution in [2.75, 3.05) is 6.54 Å². The fraction of sp³-hybridized carbons (Fsp3) is 0.333. The predicted molar refractivity (Wildman–Crippen MR) is 57.5 cm³/mol. The molecule has 0 saturated carbocycles. The van der Waals surface area contributed by atoms with E-state index in [1.165, 1.54) is 6.07 Å². The lowest BCUT2D eigenvalue weighted by molar-refractivity contribution is 0.570. The van der Waals surface area contributed by atoms with Crippen LogP contribution in [0.1, 0.15) is 18.9 Å². The first-order valence-electron chi connectivity index (χ1n) is 5.00. The van der Waals surface area contributed by atoms with Gasteiger partial charge < -0.3 is 5.32 Å². The second kappa shape index (κ2) is 6.30. The van der Waals surface area contributed by atoms with Gasteiger partial charge in [0.2, 0.25) is 0 Å². The maximum absolute atomic E-state index is 13.1. The summed E-state index contributed by atoms with van der Waals surface area (Å²) in [5.74, 6) is -0.767. The molecule has 82 valence electrons. The van der Waals surface area contributed by atoms with Gasteiger partial charge in [-0.05, 0) is 38.1 Å². The van der Waals surface area contributed by atoms with Crippen LogP contribution >= 0.6 is 0 Å². The third-order valence-electron chi connectivity index (χ3n) is 2.05. The number of rotatable bonds is 5. The highest BCUT2D eigenvalue weighted by Gasteiger charge is 2.02. The Morgan fingerprint density at radius 3 is 2.87 bits per heavy atom. The number of nitrogens with one attached hydrogen (secondary N) is 1. The molecule has 0 heterocycles. The number of benzene rings is 1. The number of hydrogen-bond donors (Lipinski definition) is 1. The van der Waals surface area contributed by atoms with Crippen LogP contribution < -0.4 is 5.32 Å². The minimum Gasteiger partial charge on any atom is -0.312 e. The van der Waals surface area contributed by atoms with Crippen molar-refractivity contribution in [3.05, 3.63) is 47.5 Å². The molecule has 0 aromatic heterocycles. The van der Waals surface area contributed by atoms with Gasteiger partial charge in [0.25, 0.3) is 0 Å². The van der Waals surface area contributed by atoms with Crippen LogP contribution in [0, 0.1) is 11.6 Å². The summed E-state index contributed by atoms with van der Waals surface area (Å²) < 4.78 is 25.9. The lowest BCUT2D eigenvalue weighted by Crippen LogP contribution is -2.15. The summed E-state index contributed by atoms with van der Waals surface area (Å²) in [6.07, 6.45) is 4.88. The predicted octanol–water partition coefficient (Wildman–Crippen LogP) is 3.02. The Bertz CT molecular complexity index is 334. The Balaban J connectivity index is 2.40. The molecule has 0 atom stereocenters. The Morgan fingerprint density at radius 2 is 2.13 bits per heavy atom. The van der Waals surface area contributed by atoms with Gasteiger partial charge in [0.15, 0.2) is 0 Å². The molecule has 0 aliphatic heterocycles. The van der Waals surface area contributed by atoms with E-state index in [0.29, 0.717) is 12.1 Å². The van der Waals surface area contributed by atoms with E-state index in [1.54, 1.807) is 0 Å². The van der Waals surface area contributed by atoms with Crippen molar-refractivity contribution in [3.63, 3.8) is 0 Å². The normalized spacial score (nSPS) is 11.1. The molecule has 0 radical (unpaired) electrons. The molecule has 1 aromatic carbocycles. The van der Waals surface area contributed by atoms with Crippen molar-refractivity contribution in [1.29, 1.82) is 0 Å². The van der Waals surface area contributed by atoms with Crippen molar-refractivity contribution in [3.8, 4) is 0 Å². The van der Waals surface area contributed by atoms with Gasteiger partial charge in [0.05, 0.1) is 0 Å². The SMILES string of the molecule is C/C=C/CCNCc1cc(F)ccc1F. The van der Waals surface area contributed by atoms with E-state index in [9.17, 15) is 8.78 Å². The monoisotopic (exact) mass is 211 g/mol. The molecule has 0 aliphatic carbocycles. The van der Waals surface area contributed by atoms with Gasteiger partial charge >= 0.3 is 0 Å². The van der Waals surface area contributed by atoms with E-state index < -0.39 is 5.82 Å². The Hall–Kier alpha value is -1.22. The van der Waals surface area contributed by atoms with E-state index in [4.69, 9.17) is 0 Å². The molecule has 0 saturated heterocycles. The van der Waals surface area contributed by atoms with Crippen LogP contribution in [-0.4, -0.2) is 6.54 Å². The van der Waals surface area contributed by atoms with Gasteiger partial charge in [-0.2, -0.15) is 0 Å². The van der Waals surface area contributed by atoms with Crippen molar-refractivity contribution in [2.45, 2.75) is 19.9 Å². The summed E-state index contributed by atoms with van der Waals surface area (Å²) in [4.78, 5) is 0. The first-order chi connectivity index (χ1) is 7.24. The maximum atomic E-state index is 13.1. The first-order valence-corrected chi connectivity index (χ1v) is 5.00. The smallest absolute Gasteiger partial charge is 0.127 e. The molecule has 1 rings (SSSR count). The minimum absolute atomic E-state index is 0.362. The minimum atomic E-state index is -0.401. The molecular formula is C12H15F2N. The van der Waals surface area contributed by atoms with Crippen LogP contribution in [0.2, 0.25) is 0 Å². The van der Waals surface area contributed by atoms with Gasteiger partial charge in [-0.15, -0.1) is 0 Å². The highest BCUT2D eigenvalue weighted by Crippen LogP contribution is 2.08. The highest BCUT2D eigenvalue weighted by molar-refractivity contribution is 5.18. The summed E-state index contributed by atoms with van der Waals surface area (Å²) >= 11 is 0. The molecule has 3 heteroatoms. The molecule has 0 spiro atoms. The summed E-state index contributed by atoms with van der Waals surface area (Å²) in [5, 5.41) is 3.05. The van der Waals surface area contributed by atoms with Gasteiger partial charge in [0.1, 0.15) is 11.6 Å². The lowest BCUT2D eigenvalue weighted by Gasteiger charge is -2.04. The standard InChI is InChI=1S/C12H15F2N/c1-2-3-4-7-15-9-10-8-11(13)5-6-12(10)14/h2-3,5-6,8,15H,4,7,9H2,1H3/b3-2+. The summed E-state index contributed by atoms with van der Waals surface area (Å²) in [6, 6.07) is 3.49. The van der Waals surface area contributed by atoms with Crippen molar-refractivity contribution < 1.29 is 8.78 Å². The molecule has 0 unspecified atom stereocenters. The van der Waals surface area contributed by atoms with E-state index >= 15 is 0 Å². The highest BCUT2D eigenvalue weighted by atomic mass is 19.1. The van der Waals surface area contributed by atoms with Gasteiger partial charge in [0, 0.05) is 12.1 Å². The zero-order valence-electron chi connectivity index (χ0n) is 8.76. The summed E-state index contributed by atoms with van der Waals surface area (Å²) in [7, 11) is 0. The maximum Gasteiger partial charge on any atom is 0.127 e. The quantitative estimate of drug-likeness (QED) is 0.583. The Morgan fingerprint density at radius 1 is 1.33 bits per heavy atom. The number of halogens is 2. The topological polar surface area (TPSA) is 12.0 Å². The lowest BCUT2D eigenvalue weighted by atomic mass is 10.2. The molecule has 0 bridgehead atoms. The van der Waals surface area contributed by atoms with Crippen molar-refractivity contribution in [1.82, 2.24) is 5.32 Å². The van der Waals surface area contributed by atoms with E-state index in [-0.39, 0.29) is 5.82 Å². The third-order valence-corrected chi connectivity index (χ3v) is 2.05. The van der Waals surface area contributed by atoms with Crippen LogP contribution in [0.15, 0.2) is 30.4 Å². The van der Waals surface area contributed by atoms with Crippen molar-refractivity contribution >= 4 is 0 Å². The van der Waals surface area contributed by atoms with Crippen LogP contribution in [0.3, 0.4) is 0 Å². The molecule has 15 heavy (non-hydrogen) atoms. The van der Waals surface area contributed by atoms with Gasteiger partial charge in [-0.1, -0.05) is 12.2 Å². The molecule has 0 amide bonds. The molecule has 1 N–H and O–H groups in total. The van der Waals surface area contributed by atoms with Crippen LogP contribution in [0.5, 0.6) is 0 Å². The average Bonchev–Trinajstić information content (AvgIpc) is 2.23. The fourth-order valence-electron chi connectivity index (χ4n) is 1.25. The first kappa shape index (κ1) is 11.9. The van der Waals surface area contributed by atoms with Crippen molar-refractivity contribution in [2.24, 2.45) is 0 Å². The average molecular weight is 211 g/mol. The van der Waals surface area contributed by atoms with Gasteiger partial charge in [-0.3, -0.25) is 0 Å². The van der Waals surface area contributed by atoms with Crippen LogP contribution in [-0.2, 0) is 6.54 Å². The molecule has 1 nitrogen and oxygen atoms in total. The summed E-state index contributed by atoms with van der Waals surface area (Å²) in [6.45, 7) is 3.08. The van der Waals surface area contributed by atoms with E-state index in [2.05, 4.69) is 5.32 Å². The van der Waals surface area contributed by atoms with Crippen LogP contribution in [0.4, 0.5) is 8.78 Å².